The molecule has 8 nitrogen and oxygen atoms in total. The first-order valence-corrected chi connectivity index (χ1v) is 7.51. The number of aromatic nitrogens is 4. The van der Waals surface area contributed by atoms with Gasteiger partial charge in [-0.3, -0.25) is 0 Å². The highest BCUT2D eigenvalue weighted by Gasteiger charge is 2.44. The van der Waals surface area contributed by atoms with Crippen molar-refractivity contribution in [2.45, 2.75) is 19.1 Å². The van der Waals surface area contributed by atoms with Crippen molar-refractivity contribution in [2.24, 2.45) is 0 Å². The van der Waals surface area contributed by atoms with Gasteiger partial charge in [0, 0.05) is 11.9 Å². The maximum absolute atomic E-state index is 13.5. The molecule has 27 heavy (non-hydrogen) atoms. The van der Waals surface area contributed by atoms with Crippen LogP contribution in [0.4, 0.5) is 34.0 Å². The van der Waals surface area contributed by atoms with Crippen molar-refractivity contribution in [1.82, 2.24) is 24.7 Å². The molecule has 0 aliphatic carbocycles. The minimum Gasteiger partial charge on any atom is -0.368 e. The topological polar surface area (TPSA) is 110 Å². The van der Waals surface area contributed by atoms with Crippen LogP contribution in [-0.2, 0) is 0 Å². The number of rotatable bonds is 3. The van der Waals surface area contributed by atoms with Gasteiger partial charge in [0.25, 0.3) is 0 Å². The number of carbonyl (C=O) groups excluding carboxylic acids is 1. The number of urea groups is 1. The van der Waals surface area contributed by atoms with E-state index in [2.05, 4.69) is 20.3 Å². The van der Waals surface area contributed by atoms with Crippen LogP contribution >= 0.6 is 0 Å². The summed E-state index contributed by atoms with van der Waals surface area (Å²) >= 11 is 0. The molecule has 0 radical (unpaired) electrons. The number of aryl methyl sites for hydroxylation is 1. The van der Waals surface area contributed by atoms with E-state index < -0.39 is 29.8 Å². The number of hydrogen-bond donors (Lipinski definition) is 3. The minimum absolute atomic E-state index is 0.0444. The Morgan fingerprint density at radius 2 is 1.93 bits per heavy atom. The number of nitrogen functional groups attached to an aromatic ring is 1. The molecule has 0 spiro atoms. The number of amides is 2. The summed E-state index contributed by atoms with van der Waals surface area (Å²) in [6, 6.07) is -1.23. The normalized spacial score (nSPS) is 12.8. The molecule has 3 heterocycles. The van der Waals surface area contributed by atoms with E-state index in [9.17, 15) is 22.4 Å². The lowest BCUT2D eigenvalue weighted by Gasteiger charge is -2.21. The van der Waals surface area contributed by atoms with E-state index in [0.29, 0.717) is 0 Å². The van der Waals surface area contributed by atoms with Crippen molar-refractivity contribution < 1.29 is 22.4 Å². The highest BCUT2D eigenvalue weighted by Crippen LogP contribution is 2.34. The lowest BCUT2D eigenvalue weighted by atomic mass is 10.1. The molecule has 0 saturated carbocycles. The second-order valence-electron chi connectivity index (χ2n) is 5.56. The molecular formula is C15H13F4N7O. The summed E-state index contributed by atoms with van der Waals surface area (Å²) in [5.41, 5.74) is 5.07. The Labute approximate surface area is 149 Å². The molecule has 1 atom stereocenters. The number of nitrogens with two attached hydrogens (primary N) is 1. The number of anilines is 2. The van der Waals surface area contributed by atoms with E-state index in [-0.39, 0.29) is 23.0 Å². The third-order valence-corrected chi connectivity index (χ3v) is 3.66. The first-order valence-electron chi connectivity index (χ1n) is 7.51. The summed E-state index contributed by atoms with van der Waals surface area (Å²) in [6.45, 7) is 1.35. The maximum atomic E-state index is 13.5. The summed E-state index contributed by atoms with van der Waals surface area (Å²) in [6.07, 6.45) is -1.54. The summed E-state index contributed by atoms with van der Waals surface area (Å²) < 4.78 is 55.2. The molecule has 0 bridgehead atoms. The average molecular weight is 383 g/mol. The van der Waals surface area contributed by atoms with Gasteiger partial charge in [-0.05, 0) is 19.1 Å². The highest BCUT2D eigenvalue weighted by molar-refractivity contribution is 5.89. The van der Waals surface area contributed by atoms with E-state index in [1.807, 2.05) is 5.32 Å². The Balaban J connectivity index is 1.89. The van der Waals surface area contributed by atoms with Crippen LogP contribution in [0.15, 0.2) is 30.7 Å². The van der Waals surface area contributed by atoms with Crippen molar-refractivity contribution in [3.05, 3.63) is 47.9 Å². The Morgan fingerprint density at radius 1 is 1.26 bits per heavy atom. The van der Waals surface area contributed by atoms with Gasteiger partial charge in [-0.15, -0.1) is 0 Å². The number of nitrogens with one attached hydrogen (secondary N) is 2. The third kappa shape index (κ3) is 3.88. The van der Waals surface area contributed by atoms with Crippen molar-refractivity contribution >= 4 is 23.3 Å². The number of alkyl halides is 3. The predicted molar refractivity (Wildman–Crippen MR) is 87.3 cm³/mol. The third-order valence-electron chi connectivity index (χ3n) is 3.66. The number of fused-ring (bicyclic) bond motifs is 1. The average Bonchev–Trinajstić information content (AvgIpc) is 2.90. The zero-order valence-corrected chi connectivity index (χ0v) is 13.8. The first kappa shape index (κ1) is 18.4. The number of hydrogen-bond acceptors (Lipinski definition) is 5. The van der Waals surface area contributed by atoms with Crippen LogP contribution in [0.5, 0.6) is 0 Å². The molecule has 3 rings (SSSR count). The molecule has 12 heteroatoms. The number of nitrogens with zero attached hydrogens (tertiary/aromatic N) is 4. The Kier molecular flexibility index (Phi) is 4.56. The predicted octanol–water partition coefficient (Wildman–Crippen LogP) is 2.58. The highest BCUT2D eigenvalue weighted by atomic mass is 19.4. The summed E-state index contributed by atoms with van der Waals surface area (Å²) in [5.74, 6) is -0.686. The van der Waals surface area contributed by atoms with Gasteiger partial charge in [-0.1, -0.05) is 0 Å². The van der Waals surface area contributed by atoms with Gasteiger partial charge in [0.15, 0.2) is 6.04 Å². The quantitative estimate of drug-likeness (QED) is 0.602. The summed E-state index contributed by atoms with van der Waals surface area (Å²) in [4.78, 5) is 23.1. The molecule has 0 aliphatic heterocycles. The fraction of sp³-hybridized carbons (Fsp3) is 0.200. The smallest absolute Gasteiger partial charge is 0.368 e. The minimum atomic E-state index is -4.84. The van der Waals surface area contributed by atoms with Gasteiger partial charge >= 0.3 is 12.2 Å². The Bertz CT molecular complexity index is 984. The van der Waals surface area contributed by atoms with Gasteiger partial charge < -0.3 is 20.8 Å². The Morgan fingerprint density at radius 3 is 2.56 bits per heavy atom. The maximum Gasteiger partial charge on any atom is 0.414 e. The van der Waals surface area contributed by atoms with E-state index in [1.54, 1.807) is 0 Å². The van der Waals surface area contributed by atoms with Crippen molar-refractivity contribution in [2.75, 3.05) is 11.1 Å². The monoisotopic (exact) mass is 383 g/mol. The molecule has 3 aromatic heterocycles. The van der Waals surface area contributed by atoms with Crippen LogP contribution in [0.1, 0.15) is 17.4 Å². The van der Waals surface area contributed by atoms with Gasteiger partial charge in [0.05, 0.1) is 23.8 Å². The Hall–Kier alpha value is -3.44. The van der Waals surface area contributed by atoms with Crippen molar-refractivity contribution in [3.63, 3.8) is 0 Å². The van der Waals surface area contributed by atoms with Crippen LogP contribution in [0.3, 0.4) is 0 Å². The molecule has 3 aromatic rings. The summed E-state index contributed by atoms with van der Waals surface area (Å²) in [5, 5.41) is 4.00. The van der Waals surface area contributed by atoms with E-state index >= 15 is 0 Å². The van der Waals surface area contributed by atoms with Crippen LogP contribution in [0.2, 0.25) is 0 Å². The fourth-order valence-corrected chi connectivity index (χ4v) is 2.43. The van der Waals surface area contributed by atoms with Crippen LogP contribution in [-0.4, -0.2) is 31.6 Å². The second kappa shape index (κ2) is 6.70. The standard InChI is InChI=1S/C15H13F4N7O/c1-7-11(24-10-3-2-8(16)6-26(7)10)12(15(17,18)19)25-14(27)23-9-4-21-13(20)22-5-9/h2-6,12H,1H3,(H2,20,21,22)(H2,23,25,27)/t12-/m0/s1. The van der Waals surface area contributed by atoms with E-state index in [1.165, 1.54) is 17.4 Å². The zero-order valence-electron chi connectivity index (χ0n) is 13.8. The van der Waals surface area contributed by atoms with Gasteiger partial charge in [-0.25, -0.2) is 24.1 Å². The van der Waals surface area contributed by atoms with Crippen molar-refractivity contribution in [3.8, 4) is 0 Å². The molecule has 0 aromatic carbocycles. The van der Waals surface area contributed by atoms with Gasteiger partial charge in [0.2, 0.25) is 5.95 Å². The lowest BCUT2D eigenvalue weighted by molar-refractivity contribution is -0.155. The molecule has 142 valence electrons. The number of pyridine rings is 1. The number of imidazole rings is 1. The lowest BCUT2D eigenvalue weighted by Crippen LogP contribution is -2.41. The molecule has 2 amide bonds. The first-order chi connectivity index (χ1) is 12.6. The molecule has 0 saturated heterocycles. The van der Waals surface area contributed by atoms with E-state index in [4.69, 9.17) is 5.73 Å². The largest absolute Gasteiger partial charge is 0.414 e. The van der Waals surface area contributed by atoms with Crippen LogP contribution in [0, 0.1) is 12.7 Å². The van der Waals surface area contributed by atoms with Gasteiger partial charge in [-0.2, -0.15) is 13.2 Å². The van der Waals surface area contributed by atoms with E-state index in [0.717, 1.165) is 24.7 Å². The molecule has 0 aliphatic rings. The van der Waals surface area contributed by atoms with Crippen LogP contribution < -0.4 is 16.4 Å². The molecular weight excluding hydrogens is 370 g/mol. The molecule has 4 N–H and O–H groups in total. The van der Waals surface area contributed by atoms with Crippen LogP contribution in [0.25, 0.3) is 5.65 Å². The second-order valence-corrected chi connectivity index (χ2v) is 5.56. The summed E-state index contributed by atoms with van der Waals surface area (Å²) in [7, 11) is 0. The molecule has 0 fully saturated rings. The van der Waals surface area contributed by atoms with Crippen molar-refractivity contribution in [1.29, 1.82) is 0 Å². The molecule has 0 unspecified atom stereocenters. The SMILES string of the molecule is Cc1c([C@H](NC(=O)Nc2cnc(N)nc2)C(F)(F)F)nc2ccc(F)cn12. The number of halogens is 4. The van der Waals surface area contributed by atoms with Gasteiger partial charge in [0.1, 0.15) is 11.5 Å². The number of carbonyl (C=O) groups is 1. The fourth-order valence-electron chi connectivity index (χ4n) is 2.43. The zero-order chi connectivity index (χ0) is 19.8.